The van der Waals surface area contributed by atoms with Crippen LogP contribution in [0.1, 0.15) is 32.6 Å². The Kier molecular flexibility index (Phi) is 5.16. The molecule has 98 valence electrons. The Bertz CT molecular complexity index is 254. The number of thioether (sulfide) groups is 1. The van der Waals surface area contributed by atoms with E-state index in [4.69, 9.17) is 0 Å². The van der Waals surface area contributed by atoms with Gasteiger partial charge >= 0.3 is 0 Å². The van der Waals surface area contributed by atoms with Crippen molar-refractivity contribution in [3.05, 3.63) is 0 Å². The Labute approximate surface area is 109 Å². The number of hydrogen-bond donors (Lipinski definition) is 1. The second-order valence-corrected chi connectivity index (χ2v) is 6.50. The highest BCUT2D eigenvalue weighted by Gasteiger charge is 2.22. The monoisotopic (exact) mass is 256 g/mol. The number of rotatable bonds is 2. The lowest BCUT2D eigenvalue weighted by Crippen LogP contribution is -2.42. The molecule has 0 aromatic carbocycles. The summed E-state index contributed by atoms with van der Waals surface area (Å²) < 4.78 is 0. The largest absolute Gasteiger partial charge is 0.343 e. The quantitative estimate of drug-likeness (QED) is 0.816. The van der Waals surface area contributed by atoms with E-state index in [9.17, 15) is 4.79 Å². The Balaban J connectivity index is 1.77. The minimum Gasteiger partial charge on any atom is -0.343 e. The van der Waals surface area contributed by atoms with Crippen LogP contribution in [0, 0.1) is 5.92 Å². The highest BCUT2D eigenvalue weighted by Crippen LogP contribution is 2.18. The number of nitrogens with one attached hydrogen (secondary N) is 1. The summed E-state index contributed by atoms with van der Waals surface area (Å²) in [5.74, 6) is 3.43. The molecule has 0 aromatic heterocycles. The number of carbonyl (C=O) groups excluding carboxylic acids is 1. The zero-order chi connectivity index (χ0) is 12.1. The van der Waals surface area contributed by atoms with Crippen LogP contribution in [0.2, 0.25) is 0 Å². The Morgan fingerprint density at radius 3 is 3.06 bits per heavy atom. The Hall–Kier alpha value is -0.220. The van der Waals surface area contributed by atoms with Gasteiger partial charge in [-0.2, -0.15) is 11.8 Å². The Morgan fingerprint density at radius 2 is 2.29 bits per heavy atom. The van der Waals surface area contributed by atoms with Gasteiger partial charge in [-0.1, -0.05) is 6.92 Å². The van der Waals surface area contributed by atoms with Crippen LogP contribution in [0.3, 0.4) is 0 Å². The van der Waals surface area contributed by atoms with Gasteiger partial charge in [0.1, 0.15) is 0 Å². The average Bonchev–Trinajstić information content (AvgIpc) is 2.55. The maximum atomic E-state index is 12.2. The molecule has 2 aliphatic rings. The second-order valence-electron chi connectivity index (χ2n) is 5.35. The van der Waals surface area contributed by atoms with Crippen LogP contribution in [-0.4, -0.2) is 48.0 Å². The van der Waals surface area contributed by atoms with Gasteiger partial charge in [0.15, 0.2) is 0 Å². The van der Waals surface area contributed by atoms with Gasteiger partial charge in [0, 0.05) is 43.6 Å². The molecule has 0 aromatic rings. The topological polar surface area (TPSA) is 32.3 Å². The van der Waals surface area contributed by atoms with Crippen LogP contribution in [0.4, 0.5) is 0 Å². The second kappa shape index (κ2) is 6.64. The third-order valence-electron chi connectivity index (χ3n) is 3.79. The predicted octanol–water partition coefficient (Wildman–Crippen LogP) is 1.73. The van der Waals surface area contributed by atoms with E-state index in [-0.39, 0.29) is 0 Å². The summed E-state index contributed by atoms with van der Waals surface area (Å²) in [6, 6.07) is 0.405. The fraction of sp³-hybridized carbons (Fsp3) is 0.923. The van der Waals surface area contributed by atoms with Crippen LogP contribution in [0.5, 0.6) is 0 Å². The van der Waals surface area contributed by atoms with Gasteiger partial charge < -0.3 is 10.2 Å². The summed E-state index contributed by atoms with van der Waals surface area (Å²) in [5.41, 5.74) is 0. The number of amides is 1. The minimum absolute atomic E-state index is 0.360. The van der Waals surface area contributed by atoms with Gasteiger partial charge in [-0.25, -0.2) is 0 Å². The molecule has 2 rings (SSSR count). The molecule has 0 saturated carbocycles. The maximum Gasteiger partial charge on any atom is 0.224 e. The molecule has 2 aliphatic heterocycles. The van der Waals surface area contributed by atoms with Gasteiger partial charge in [-0.3, -0.25) is 4.79 Å². The molecule has 1 amide bonds. The van der Waals surface area contributed by atoms with Crippen molar-refractivity contribution in [2.75, 3.05) is 31.1 Å². The fourth-order valence-electron chi connectivity index (χ4n) is 2.60. The molecule has 2 saturated heterocycles. The van der Waals surface area contributed by atoms with Crippen molar-refractivity contribution < 1.29 is 4.79 Å². The lowest BCUT2D eigenvalue weighted by molar-refractivity contribution is -0.131. The highest BCUT2D eigenvalue weighted by molar-refractivity contribution is 7.99. The smallest absolute Gasteiger partial charge is 0.224 e. The predicted molar refractivity (Wildman–Crippen MR) is 73.3 cm³/mol. The van der Waals surface area contributed by atoms with E-state index in [0.29, 0.717) is 18.4 Å². The maximum absolute atomic E-state index is 12.2. The van der Waals surface area contributed by atoms with Crippen LogP contribution < -0.4 is 5.32 Å². The van der Waals surface area contributed by atoms with Crippen LogP contribution in [0.15, 0.2) is 0 Å². The van der Waals surface area contributed by atoms with Crippen molar-refractivity contribution in [2.24, 2.45) is 5.92 Å². The molecule has 1 N–H and O–H groups in total. The van der Waals surface area contributed by atoms with Crippen molar-refractivity contribution in [1.29, 1.82) is 0 Å². The molecule has 0 bridgehead atoms. The van der Waals surface area contributed by atoms with Gasteiger partial charge in [0.2, 0.25) is 5.91 Å². The first kappa shape index (κ1) is 13.2. The van der Waals surface area contributed by atoms with Gasteiger partial charge in [0.05, 0.1) is 0 Å². The zero-order valence-corrected chi connectivity index (χ0v) is 11.6. The number of nitrogens with zero attached hydrogens (tertiary/aromatic N) is 1. The molecular weight excluding hydrogens is 232 g/mol. The van der Waals surface area contributed by atoms with Crippen LogP contribution in [-0.2, 0) is 4.79 Å². The Morgan fingerprint density at radius 1 is 1.41 bits per heavy atom. The summed E-state index contributed by atoms with van der Waals surface area (Å²) in [7, 11) is 0. The molecule has 0 aliphatic carbocycles. The standard InChI is InChI=1S/C13H24N2OS/c1-11-3-2-6-15(7-4-11)13(16)9-12-10-17-8-5-14-12/h11-12,14H,2-10H2,1H3. The van der Waals surface area contributed by atoms with E-state index in [1.54, 1.807) is 0 Å². The molecule has 17 heavy (non-hydrogen) atoms. The van der Waals surface area contributed by atoms with Crippen molar-refractivity contribution in [2.45, 2.75) is 38.6 Å². The first-order valence-electron chi connectivity index (χ1n) is 6.84. The van der Waals surface area contributed by atoms with Crippen molar-refractivity contribution in [3.63, 3.8) is 0 Å². The lowest BCUT2D eigenvalue weighted by Gasteiger charge is -2.26. The number of hydrogen-bond acceptors (Lipinski definition) is 3. The van der Waals surface area contributed by atoms with Gasteiger partial charge in [-0.15, -0.1) is 0 Å². The number of likely N-dealkylation sites (tertiary alicyclic amines) is 1. The molecule has 3 nitrogen and oxygen atoms in total. The van der Waals surface area contributed by atoms with Crippen LogP contribution >= 0.6 is 11.8 Å². The summed E-state index contributed by atoms with van der Waals surface area (Å²) in [5, 5.41) is 3.45. The molecule has 2 fully saturated rings. The van der Waals surface area contributed by atoms with E-state index in [1.165, 1.54) is 25.0 Å². The molecule has 2 atom stereocenters. The summed E-state index contributed by atoms with van der Waals surface area (Å²) >= 11 is 1.96. The first-order valence-corrected chi connectivity index (χ1v) is 8.00. The van der Waals surface area contributed by atoms with E-state index >= 15 is 0 Å². The SMILES string of the molecule is CC1CCCN(C(=O)CC2CSCCN2)CC1. The molecule has 4 heteroatoms. The summed E-state index contributed by atoms with van der Waals surface area (Å²) in [6.07, 6.45) is 4.33. The first-order chi connectivity index (χ1) is 8.25. The normalized spacial score (nSPS) is 31.0. The lowest BCUT2D eigenvalue weighted by atomic mass is 10.0. The highest BCUT2D eigenvalue weighted by atomic mass is 32.2. The molecule has 2 heterocycles. The zero-order valence-electron chi connectivity index (χ0n) is 10.8. The van der Waals surface area contributed by atoms with E-state index in [1.807, 2.05) is 11.8 Å². The average molecular weight is 256 g/mol. The van der Waals surface area contributed by atoms with E-state index in [0.717, 1.165) is 31.3 Å². The number of carbonyl (C=O) groups is 1. The van der Waals surface area contributed by atoms with Crippen molar-refractivity contribution >= 4 is 17.7 Å². The fourth-order valence-corrected chi connectivity index (χ4v) is 3.55. The minimum atomic E-state index is 0.360. The van der Waals surface area contributed by atoms with E-state index in [2.05, 4.69) is 17.1 Å². The molecule has 0 radical (unpaired) electrons. The summed E-state index contributed by atoms with van der Waals surface area (Å²) in [4.78, 5) is 14.3. The molecular formula is C13H24N2OS. The molecule has 2 unspecified atom stereocenters. The van der Waals surface area contributed by atoms with Gasteiger partial charge in [0.25, 0.3) is 0 Å². The van der Waals surface area contributed by atoms with Crippen LogP contribution in [0.25, 0.3) is 0 Å². The third-order valence-corrected chi connectivity index (χ3v) is 4.92. The third kappa shape index (κ3) is 4.18. The van der Waals surface area contributed by atoms with Crippen molar-refractivity contribution in [3.8, 4) is 0 Å². The van der Waals surface area contributed by atoms with Gasteiger partial charge in [-0.05, 0) is 25.2 Å². The van der Waals surface area contributed by atoms with E-state index < -0.39 is 0 Å². The summed E-state index contributed by atoms with van der Waals surface area (Å²) in [6.45, 7) is 5.30. The molecule has 0 spiro atoms. The van der Waals surface area contributed by atoms with Crippen molar-refractivity contribution in [1.82, 2.24) is 10.2 Å².